The van der Waals surface area contributed by atoms with Crippen LogP contribution in [0.15, 0.2) is 103 Å². The van der Waals surface area contributed by atoms with Crippen molar-refractivity contribution in [1.29, 1.82) is 0 Å². The number of aryl methyl sites for hydroxylation is 1. The minimum atomic E-state index is 0.827. The van der Waals surface area contributed by atoms with Gasteiger partial charge in [-0.05, 0) is 48.1 Å². The summed E-state index contributed by atoms with van der Waals surface area (Å²) >= 11 is 0. The monoisotopic (exact) mass is 390 g/mol. The second-order valence-electron chi connectivity index (χ2n) is 7.70. The van der Waals surface area contributed by atoms with E-state index in [0.29, 0.717) is 0 Å². The van der Waals surface area contributed by atoms with Crippen LogP contribution in [0.2, 0.25) is 0 Å². The molecule has 0 aliphatic rings. The predicted molar refractivity (Wildman–Crippen MR) is 125 cm³/mol. The van der Waals surface area contributed by atoms with Crippen molar-refractivity contribution < 1.29 is 0 Å². The summed E-state index contributed by atoms with van der Waals surface area (Å²) in [5, 5.41) is 1.43. The Hall–Kier alpha value is -2.90. The third-order valence-electron chi connectivity index (χ3n) is 5.15. The molecule has 0 bridgehead atoms. The van der Waals surface area contributed by atoms with Gasteiger partial charge >= 0.3 is 0 Å². The Morgan fingerprint density at radius 1 is 0.517 bits per heavy atom. The van der Waals surface area contributed by atoms with Crippen LogP contribution in [-0.2, 0) is 18.9 Å². The molecule has 0 saturated carbocycles. The molecule has 142 valence electrons. The lowest BCUT2D eigenvalue weighted by atomic mass is 9.98. The predicted octanol–water partition coefficient (Wildman–Crippen LogP) is 5.71. The first-order chi connectivity index (χ1) is 14.2. The van der Waals surface area contributed by atoms with Gasteiger partial charge < -0.3 is 0 Å². The molecule has 4 rings (SSSR count). The van der Waals surface area contributed by atoms with E-state index in [1.165, 1.54) is 38.6 Å². The van der Waals surface area contributed by atoms with E-state index in [-0.39, 0.29) is 0 Å². The lowest BCUT2D eigenvalue weighted by Crippen LogP contribution is -2.15. The van der Waals surface area contributed by atoms with Gasteiger partial charge in [0.25, 0.3) is 0 Å². The molecule has 0 heterocycles. The molecule has 2 radical (unpaired) electrons. The van der Waals surface area contributed by atoms with Crippen LogP contribution in [0.1, 0.15) is 33.4 Å². The van der Waals surface area contributed by atoms with Gasteiger partial charge in [-0.25, -0.2) is 0 Å². The second kappa shape index (κ2) is 9.53. The topological polar surface area (TPSA) is 0 Å². The lowest BCUT2D eigenvalue weighted by Gasteiger charge is -2.08. The third kappa shape index (κ3) is 5.79. The van der Waals surface area contributed by atoms with Gasteiger partial charge in [0.05, 0.1) is 9.52 Å². The fourth-order valence-electron chi connectivity index (χ4n) is 3.75. The Bertz CT molecular complexity index is 1070. The van der Waals surface area contributed by atoms with Crippen molar-refractivity contribution in [1.82, 2.24) is 0 Å². The molecule has 4 aromatic rings. The quantitative estimate of drug-likeness (QED) is 0.355. The van der Waals surface area contributed by atoms with Gasteiger partial charge in [0.2, 0.25) is 0 Å². The minimum Gasteiger partial charge on any atom is -0.0639 e. The summed E-state index contributed by atoms with van der Waals surface area (Å²) in [6, 6.07) is 38.8. The lowest BCUT2D eigenvalue weighted by molar-refractivity contribution is 1.13. The van der Waals surface area contributed by atoms with Crippen LogP contribution in [0, 0.1) is 6.92 Å². The highest BCUT2D eigenvalue weighted by Gasteiger charge is 2.03. The molecule has 0 spiro atoms. The van der Waals surface area contributed by atoms with Crippen LogP contribution in [0.3, 0.4) is 0 Å². The summed E-state index contributed by atoms with van der Waals surface area (Å²) in [7, 11) is 0.827. The molecule has 0 fully saturated rings. The zero-order valence-corrected chi connectivity index (χ0v) is 17.9. The van der Waals surface area contributed by atoms with Crippen LogP contribution in [0.4, 0.5) is 0 Å². The average molecular weight is 391 g/mol. The highest BCUT2D eigenvalue weighted by molar-refractivity contribution is 6.52. The molecule has 4 aromatic carbocycles. The van der Waals surface area contributed by atoms with Crippen LogP contribution in [-0.4, -0.2) is 9.52 Å². The SMILES string of the molecule is Cc1cccc(Cc2cccc(Cc3cccc(C[Si]c4ccccc4)c3)c2)c1. The maximum absolute atomic E-state index is 2.38. The van der Waals surface area contributed by atoms with E-state index < -0.39 is 0 Å². The number of hydrogen-bond donors (Lipinski definition) is 0. The molecule has 0 aromatic heterocycles. The summed E-state index contributed by atoms with van der Waals surface area (Å²) in [6.07, 6.45) is 1.98. The molecule has 0 aliphatic heterocycles. The summed E-state index contributed by atoms with van der Waals surface area (Å²) < 4.78 is 0. The van der Waals surface area contributed by atoms with Crippen molar-refractivity contribution >= 4 is 14.7 Å². The first-order valence-electron chi connectivity index (χ1n) is 10.2. The fourth-order valence-corrected chi connectivity index (χ4v) is 4.81. The minimum absolute atomic E-state index is 0.827. The summed E-state index contributed by atoms with van der Waals surface area (Å²) in [4.78, 5) is 0. The van der Waals surface area contributed by atoms with Crippen LogP contribution in [0.25, 0.3) is 0 Å². The molecule has 0 unspecified atom stereocenters. The molecule has 1 heteroatoms. The molecule has 0 nitrogen and oxygen atoms in total. The van der Waals surface area contributed by atoms with E-state index in [4.69, 9.17) is 0 Å². The van der Waals surface area contributed by atoms with Gasteiger partial charge in [-0.15, -0.1) is 0 Å². The van der Waals surface area contributed by atoms with Gasteiger partial charge in [-0.3, -0.25) is 0 Å². The molecule has 0 N–H and O–H groups in total. The van der Waals surface area contributed by atoms with E-state index in [1.807, 2.05) is 0 Å². The van der Waals surface area contributed by atoms with Crippen molar-refractivity contribution in [3.63, 3.8) is 0 Å². The van der Waals surface area contributed by atoms with Gasteiger partial charge in [0, 0.05) is 0 Å². The smallest absolute Gasteiger partial charge is 0.0639 e. The number of benzene rings is 4. The van der Waals surface area contributed by atoms with Gasteiger partial charge in [0.1, 0.15) is 0 Å². The second-order valence-corrected chi connectivity index (χ2v) is 8.99. The maximum atomic E-state index is 2.38. The Labute approximate surface area is 177 Å². The molecule has 29 heavy (non-hydrogen) atoms. The first-order valence-corrected chi connectivity index (χ1v) is 11.5. The molecule has 0 amide bonds. The zero-order valence-electron chi connectivity index (χ0n) is 16.9. The van der Waals surface area contributed by atoms with Crippen LogP contribution >= 0.6 is 0 Å². The average Bonchev–Trinajstić information content (AvgIpc) is 2.74. The van der Waals surface area contributed by atoms with E-state index in [2.05, 4.69) is 110 Å². The van der Waals surface area contributed by atoms with Crippen molar-refractivity contribution in [3.05, 3.63) is 137 Å². The number of hydrogen-bond acceptors (Lipinski definition) is 0. The van der Waals surface area contributed by atoms with Gasteiger partial charge in [-0.1, -0.05) is 119 Å². The number of rotatable bonds is 7. The first kappa shape index (κ1) is 19.4. The largest absolute Gasteiger partial charge is 0.0855 e. The molecule has 0 aliphatic carbocycles. The zero-order chi connectivity index (χ0) is 19.9. The Kier molecular flexibility index (Phi) is 6.38. The van der Waals surface area contributed by atoms with Crippen LogP contribution < -0.4 is 5.19 Å². The molecular weight excluding hydrogens is 364 g/mol. The Balaban J connectivity index is 1.42. The standard InChI is InChI=1S/C28H26Si/c1-22-8-5-9-23(16-22)17-24-10-6-11-25(18-24)19-26-12-7-13-27(20-26)21-29-28-14-3-2-4-15-28/h2-16,18,20H,17,19,21H2,1H3. The van der Waals surface area contributed by atoms with E-state index in [1.54, 1.807) is 0 Å². The van der Waals surface area contributed by atoms with Crippen molar-refractivity contribution in [2.75, 3.05) is 0 Å². The highest BCUT2D eigenvalue weighted by atomic mass is 28.2. The van der Waals surface area contributed by atoms with Crippen molar-refractivity contribution in [2.24, 2.45) is 0 Å². The summed E-state index contributed by atoms with van der Waals surface area (Å²) in [5.74, 6) is 0. The van der Waals surface area contributed by atoms with Crippen LogP contribution in [0.5, 0.6) is 0 Å². The van der Waals surface area contributed by atoms with E-state index >= 15 is 0 Å². The molecular formula is C28H26Si. The third-order valence-corrected chi connectivity index (χ3v) is 6.48. The maximum Gasteiger partial charge on any atom is 0.0855 e. The van der Waals surface area contributed by atoms with E-state index in [9.17, 15) is 0 Å². The van der Waals surface area contributed by atoms with Crippen molar-refractivity contribution in [2.45, 2.75) is 25.8 Å². The molecule has 0 atom stereocenters. The van der Waals surface area contributed by atoms with Gasteiger partial charge in [0.15, 0.2) is 0 Å². The van der Waals surface area contributed by atoms with E-state index in [0.717, 1.165) is 28.4 Å². The highest BCUT2D eigenvalue weighted by Crippen LogP contribution is 2.16. The fraction of sp³-hybridized carbons (Fsp3) is 0.143. The van der Waals surface area contributed by atoms with Crippen molar-refractivity contribution in [3.8, 4) is 0 Å². The molecule has 0 saturated heterocycles. The van der Waals surface area contributed by atoms with Gasteiger partial charge in [-0.2, -0.15) is 0 Å². The normalized spacial score (nSPS) is 10.8. The summed E-state index contributed by atoms with van der Waals surface area (Å²) in [5.41, 5.74) is 8.30. The Morgan fingerprint density at radius 2 is 1.03 bits per heavy atom. The summed E-state index contributed by atoms with van der Waals surface area (Å²) in [6.45, 7) is 2.16. The Morgan fingerprint density at radius 3 is 1.66 bits per heavy atom.